The summed E-state index contributed by atoms with van der Waals surface area (Å²) in [5.74, 6) is -2.40. The third kappa shape index (κ3) is 5.90. The number of carboxylic acids is 1. The Hall–Kier alpha value is -1.79. The van der Waals surface area contributed by atoms with Crippen LogP contribution in [-0.4, -0.2) is 42.8 Å². The van der Waals surface area contributed by atoms with Gasteiger partial charge < -0.3 is 20.5 Å². The lowest BCUT2D eigenvalue weighted by atomic mass is 9.96. The second kappa shape index (κ2) is 8.39. The first kappa shape index (κ1) is 18.2. The van der Waals surface area contributed by atoms with E-state index in [4.69, 9.17) is 5.11 Å². The Labute approximate surface area is 119 Å². The summed E-state index contributed by atoms with van der Waals surface area (Å²) in [6.07, 6.45) is 0. The largest absolute Gasteiger partial charge is 0.481 e. The average Bonchev–Trinajstić information content (AvgIpc) is 2.33. The summed E-state index contributed by atoms with van der Waals surface area (Å²) in [6, 6.07) is -1.34. The van der Waals surface area contributed by atoms with E-state index in [1.165, 1.54) is 7.11 Å². The number of esters is 1. The summed E-state index contributed by atoms with van der Waals surface area (Å²) in [5.41, 5.74) is 0. The van der Waals surface area contributed by atoms with Gasteiger partial charge in [0.15, 0.2) is 0 Å². The fourth-order valence-electron chi connectivity index (χ4n) is 1.63. The van der Waals surface area contributed by atoms with Crippen LogP contribution in [0, 0.1) is 17.8 Å². The van der Waals surface area contributed by atoms with E-state index in [1.54, 1.807) is 27.7 Å². The smallest absolute Gasteiger partial charge is 0.328 e. The first-order chi connectivity index (χ1) is 9.20. The van der Waals surface area contributed by atoms with Gasteiger partial charge in [0.2, 0.25) is 0 Å². The normalized spacial score (nSPS) is 13.8. The van der Waals surface area contributed by atoms with Crippen molar-refractivity contribution in [2.75, 3.05) is 13.7 Å². The molecule has 0 radical (unpaired) electrons. The zero-order chi connectivity index (χ0) is 15.9. The van der Waals surface area contributed by atoms with Crippen LogP contribution in [0.3, 0.4) is 0 Å². The van der Waals surface area contributed by atoms with Gasteiger partial charge in [-0.25, -0.2) is 9.59 Å². The highest BCUT2D eigenvalue weighted by atomic mass is 16.5. The monoisotopic (exact) mass is 288 g/mol. The SMILES string of the molecule is COC(=O)C(NC(=O)NCC(C(=O)O)C(C)C)C(C)C. The number of aliphatic carboxylic acids is 1. The van der Waals surface area contributed by atoms with Crippen molar-refractivity contribution in [1.82, 2.24) is 10.6 Å². The van der Waals surface area contributed by atoms with Crippen LogP contribution in [0.25, 0.3) is 0 Å². The van der Waals surface area contributed by atoms with Gasteiger partial charge in [-0.1, -0.05) is 27.7 Å². The first-order valence-corrected chi connectivity index (χ1v) is 6.55. The Morgan fingerprint density at radius 3 is 2.00 bits per heavy atom. The van der Waals surface area contributed by atoms with Gasteiger partial charge in [-0.2, -0.15) is 0 Å². The van der Waals surface area contributed by atoms with E-state index >= 15 is 0 Å². The van der Waals surface area contributed by atoms with Crippen LogP contribution < -0.4 is 10.6 Å². The van der Waals surface area contributed by atoms with Crippen molar-refractivity contribution in [3.05, 3.63) is 0 Å². The van der Waals surface area contributed by atoms with Crippen molar-refractivity contribution in [2.24, 2.45) is 17.8 Å². The Morgan fingerprint density at radius 1 is 1.10 bits per heavy atom. The summed E-state index contributed by atoms with van der Waals surface area (Å²) in [4.78, 5) is 34.2. The molecule has 0 aromatic heterocycles. The fraction of sp³-hybridized carbons (Fsp3) is 0.769. The molecule has 0 rings (SSSR count). The Balaban J connectivity index is 4.47. The second-order valence-corrected chi connectivity index (χ2v) is 5.29. The number of carbonyl (C=O) groups is 3. The molecule has 7 heteroatoms. The minimum Gasteiger partial charge on any atom is -0.481 e. The van der Waals surface area contributed by atoms with Gasteiger partial charge in [0.1, 0.15) is 6.04 Å². The number of ether oxygens (including phenoxy) is 1. The molecule has 0 saturated heterocycles. The molecule has 0 aliphatic carbocycles. The van der Waals surface area contributed by atoms with Crippen LogP contribution in [0.5, 0.6) is 0 Å². The maximum Gasteiger partial charge on any atom is 0.328 e. The van der Waals surface area contributed by atoms with E-state index in [0.717, 1.165) is 0 Å². The van der Waals surface area contributed by atoms with Gasteiger partial charge in [-0.05, 0) is 11.8 Å². The summed E-state index contributed by atoms with van der Waals surface area (Å²) in [7, 11) is 1.25. The molecule has 0 bridgehead atoms. The number of amides is 2. The third-order valence-electron chi connectivity index (χ3n) is 3.01. The van der Waals surface area contributed by atoms with Gasteiger partial charge >= 0.3 is 18.0 Å². The van der Waals surface area contributed by atoms with Gasteiger partial charge in [-0.15, -0.1) is 0 Å². The summed E-state index contributed by atoms with van der Waals surface area (Å²) in [6.45, 7) is 7.09. The lowest BCUT2D eigenvalue weighted by Gasteiger charge is -2.21. The van der Waals surface area contributed by atoms with Crippen LogP contribution in [0.2, 0.25) is 0 Å². The molecule has 0 heterocycles. The summed E-state index contributed by atoms with van der Waals surface area (Å²) >= 11 is 0. The molecule has 2 amide bonds. The number of carboxylic acid groups (broad SMARTS) is 1. The van der Waals surface area contributed by atoms with E-state index in [1.807, 2.05) is 0 Å². The van der Waals surface area contributed by atoms with Crippen molar-refractivity contribution in [2.45, 2.75) is 33.7 Å². The second-order valence-electron chi connectivity index (χ2n) is 5.29. The lowest BCUT2D eigenvalue weighted by molar-refractivity contribution is -0.144. The first-order valence-electron chi connectivity index (χ1n) is 6.55. The summed E-state index contributed by atoms with van der Waals surface area (Å²) in [5, 5.41) is 14.0. The van der Waals surface area contributed by atoms with Gasteiger partial charge in [-0.3, -0.25) is 4.79 Å². The number of rotatable bonds is 7. The molecule has 0 spiro atoms. The van der Waals surface area contributed by atoms with Gasteiger partial charge in [0.05, 0.1) is 13.0 Å². The van der Waals surface area contributed by atoms with E-state index in [0.29, 0.717) is 0 Å². The van der Waals surface area contributed by atoms with Crippen molar-refractivity contribution in [3.63, 3.8) is 0 Å². The molecule has 3 N–H and O–H groups in total. The predicted molar refractivity (Wildman–Crippen MR) is 73.1 cm³/mol. The summed E-state index contributed by atoms with van der Waals surface area (Å²) < 4.78 is 4.60. The van der Waals surface area contributed by atoms with Gasteiger partial charge in [0, 0.05) is 6.54 Å². The van der Waals surface area contributed by atoms with Crippen LogP contribution in [0.15, 0.2) is 0 Å². The van der Waals surface area contributed by atoms with Crippen LogP contribution in [-0.2, 0) is 14.3 Å². The highest BCUT2D eigenvalue weighted by Gasteiger charge is 2.26. The topological polar surface area (TPSA) is 105 Å². The predicted octanol–water partition coefficient (Wildman–Crippen LogP) is 0.840. The number of nitrogens with one attached hydrogen (secondary N) is 2. The lowest BCUT2D eigenvalue weighted by Crippen LogP contribution is -2.50. The maximum atomic E-state index is 11.7. The molecule has 2 atom stereocenters. The van der Waals surface area contributed by atoms with Gasteiger partial charge in [0.25, 0.3) is 0 Å². The molecular formula is C13H24N2O5. The molecular weight excluding hydrogens is 264 g/mol. The van der Waals surface area contributed by atoms with Crippen molar-refractivity contribution in [1.29, 1.82) is 0 Å². The zero-order valence-electron chi connectivity index (χ0n) is 12.6. The van der Waals surface area contributed by atoms with E-state index in [2.05, 4.69) is 15.4 Å². The average molecular weight is 288 g/mol. The number of carbonyl (C=O) groups excluding carboxylic acids is 2. The Morgan fingerprint density at radius 2 is 1.65 bits per heavy atom. The van der Waals surface area contributed by atoms with Crippen molar-refractivity contribution in [3.8, 4) is 0 Å². The fourth-order valence-corrected chi connectivity index (χ4v) is 1.63. The van der Waals surface area contributed by atoms with E-state index in [-0.39, 0.29) is 18.4 Å². The number of hydrogen-bond acceptors (Lipinski definition) is 4. The van der Waals surface area contributed by atoms with Crippen LogP contribution >= 0.6 is 0 Å². The van der Waals surface area contributed by atoms with Crippen molar-refractivity contribution < 1.29 is 24.2 Å². The number of hydrogen-bond donors (Lipinski definition) is 3. The molecule has 0 fully saturated rings. The minimum absolute atomic E-state index is 0.00478. The standard InChI is InChI=1S/C13H24N2O5/c1-7(2)9(11(16)17)6-14-13(19)15-10(8(3)4)12(18)20-5/h7-10H,6H2,1-5H3,(H,16,17)(H2,14,15,19). The third-order valence-corrected chi connectivity index (χ3v) is 3.01. The molecule has 2 unspecified atom stereocenters. The molecule has 0 aliphatic rings. The highest BCUT2D eigenvalue weighted by Crippen LogP contribution is 2.09. The van der Waals surface area contributed by atoms with E-state index < -0.39 is 29.9 Å². The molecule has 116 valence electrons. The molecule has 20 heavy (non-hydrogen) atoms. The highest BCUT2D eigenvalue weighted by molar-refractivity contribution is 5.84. The Kier molecular flexibility index (Phi) is 7.64. The maximum absolute atomic E-state index is 11.7. The zero-order valence-corrected chi connectivity index (χ0v) is 12.6. The van der Waals surface area contributed by atoms with Crippen molar-refractivity contribution >= 4 is 18.0 Å². The number of urea groups is 1. The molecule has 0 aliphatic heterocycles. The van der Waals surface area contributed by atoms with E-state index in [9.17, 15) is 14.4 Å². The quantitative estimate of drug-likeness (QED) is 0.602. The molecule has 0 aromatic rings. The van der Waals surface area contributed by atoms with Crippen LogP contribution in [0.1, 0.15) is 27.7 Å². The number of methoxy groups -OCH3 is 1. The molecule has 0 saturated carbocycles. The Bertz CT molecular complexity index is 355. The molecule has 7 nitrogen and oxygen atoms in total. The minimum atomic E-state index is -0.964. The molecule has 0 aromatic carbocycles. The van der Waals surface area contributed by atoms with Crippen LogP contribution in [0.4, 0.5) is 4.79 Å².